The molecule has 0 spiro atoms. The van der Waals surface area contributed by atoms with E-state index in [0.29, 0.717) is 0 Å². The van der Waals surface area contributed by atoms with Crippen LogP contribution in [0.25, 0.3) is 66.6 Å². The molecule has 0 unspecified atom stereocenters. The number of aromatic nitrogens is 4. The van der Waals surface area contributed by atoms with E-state index in [9.17, 15) is 0 Å². The van der Waals surface area contributed by atoms with Crippen LogP contribution in [-0.2, 0) is 23.7 Å². The summed E-state index contributed by atoms with van der Waals surface area (Å²) in [5.74, 6) is 3.68. The third-order valence-corrected chi connectivity index (χ3v) is 20.6. The van der Waals surface area contributed by atoms with Gasteiger partial charge in [-0.25, -0.2) is 9.97 Å². The normalized spacial score (nSPS) is 12.9. The molecule has 456 valence electrons. The van der Waals surface area contributed by atoms with E-state index in [4.69, 9.17) is 9.97 Å². The average molecular weight is 1180 g/mol. The van der Waals surface area contributed by atoms with E-state index in [-0.39, 0.29) is 10.8 Å². The van der Waals surface area contributed by atoms with Gasteiger partial charge in [-0.05, 0) is 192 Å². The summed E-state index contributed by atoms with van der Waals surface area (Å²) < 4.78 is 0. The molecule has 87 heavy (non-hydrogen) atoms. The minimum absolute atomic E-state index is 0.0579. The molecule has 4 aromatic carbocycles. The van der Waals surface area contributed by atoms with Gasteiger partial charge >= 0.3 is 0 Å². The van der Waals surface area contributed by atoms with Crippen LogP contribution in [0.5, 0.6) is 0 Å². The quantitative estimate of drug-likeness (QED) is 0.0360. The zero-order valence-corrected chi connectivity index (χ0v) is 56.8. The third-order valence-electron chi connectivity index (χ3n) is 18.6. The van der Waals surface area contributed by atoms with Gasteiger partial charge in [0.1, 0.15) is 0 Å². The van der Waals surface area contributed by atoms with E-state index in [0.717, 1.165) is 90.8 Å². The fourth-order valence-corrected chi connectivity index (χ4v) is 14.9. The highest BCUT2D eigenvalue weighted by atomic mass is 31.1. The van der Waals surface area contributed by atoms with Crippen LogP contribution in [-0.4, -0.2) is 19.9 Å². The van der Waals surface area contributed by atoms with Gasteiger partial charge in [0.25, 0.3) is 0 Å². The van der Waals surface area contributed by atoms with Crippen molar-refractivity contribution in [1.29, 1.82) is 0 Å². The zero-order chi connectivity index (χ0) is 61.8. The maximum Gasteiger partial charge on any atom is 0.0769 e. The molecule has 2 aliphatic heterocycles. The summed E-state index contributed by atoms with van der Waals surface area (Å²) >= 11 is 0. The van der Waals surface area contributed by atoms with Crippen molar-refractivity contribution in [2.24, 2.45) is 0 Å². The van der Waals surface area contributed by atoms with E-state index < -0.39 is 7.92 Å². The highest BCUT2D eigenvalue weighted by Gasteiger charge is 2.29. The lowest BCUT2D eigenvalue weighted by Crippen LogP contribution is -2.16. The molecule has 2 N–H and O–H groups in total. The number of benzene rings is 4. The first-order chi connectivity index (χ1) is 41.9. The van der Waals surface area contributed by atoms with Gasteiger partial charge in [-0.3, -0.25) is 0 Å². The molecule has 0 fully saturated rings. The van der Waals surface area contributed by atoms with Gasteiger partial charge in [-0.1, -0.05) is 249 Å². The second kappa shape index (κ2) is 29.6. The van der Waals surface area contributed by atoms with Crippen LogP contribution in [0, 0.1) is 25.4 Å². The highest BCUT2D eigenvalue weighted by molar-refractivity contribution is 7.77. The lowest BCUT2D eigenvalue weighted by molar-refractivity contribution is 0.569. The lowest BCUT2D eigenvalue weighted by Gasteiger charge is -2.26. The first-order valence-electron chi connectivity index (χ1n) is 33.8. The number of unbranched alkanes of at least 4 members (excludes halogenated alkanes) is 12. The Kier molecular flexibility index (Phi) is 22.1. The van der Waals surface area contributed by atoms with Crippen LogP contribution in [0.2, 0.25) is 0 Å². The first-order valence-corrected chi connectivity index (χ1v) is 35.2. The SMILES string of the molecule is CCCCCCC1=C(C)c2nc1cc1[nH]c(c(C)c1CCCCCC)c(-c1cc(C(C)(C)C)cc(C(C)(C)C)c1)c1[nH]c(cc3nc(c2-c2ccc(C#CP(c4ccccc4)c4ccccc4)cc2)C(C)=C3CCCCCC)c(CCCCCC)c1C. The predicted octanol–water partition coefficient (Wildman–Crippen LogP) is 23.4. The smallest absolute Gasteiger partial charge is 0.0769 e. The molecule has 0 saturated carbocycles. The van der Waals surface area contributed by atoms with Gasteiger partial charge in [-0.2, -0.15) is 0 Å². The molecule has 5 heterocycles. The van der Waals surface area contributed by atoms with Crippen molar-refractivity contribution in [3.05, 3.63) is 177 Å². The standard InChI is InChI=1S/C82H103N4P/c1-15-19-23-33-41-67-56(5)77-75(61-47-45-60(46-48-61)49-50-87(65-37-29-27-30-38-65)66-39-31-28-32-40-66)78-57(6)68(42-34-24-20-16-2)72(84-78)55-74-70(44-36-26-22-18-4)59(8)80(86-74)76(62-51-63(81(9,10)11)53-64(52-62)82(12,13)14)79-58(7)69(43-35-25-21-17-3)73(85-79)54-71(67)83-77/h27-32,37-40,45-48,51-55,85-86H,15-26,33-36,41-44H2,1-14H3. The van der Waals surface area contributed by atoms with Crippen LogP contribution in [0.1, 0.15) is 260 Å². The Bertz CT molecular complexity index is 3590. The van der Waals surface area contributed by atoms with Crippen LogP contribution in [0.3, 0.4) is 0 Å². The molecule has 8 bridgehead atoms. The molecule has 0 atom stereocenters. The number of hydrogen-bond acceptors (Lipinski definition) is 2. The van der Waals surface area contributed by atoms with E-state index in [1.54, 1.807) is 0 Å². The predicted molar refractivity (Wildman–Crippen MR) is 383 cm³/mol. The molecule has 9 rings (SSSR count). The molecule has 4 nitrogen and oxygen atoms in total. The topological polar surface area (TPSA) is 57.4 Å². The van der Waals surface area contributed by atoms with Crippen molar-refractivity contribution in [1.82, 2.24) is 19.9 Å². The number of hydrogen-bond donors (Lipinski definition) is 2. The summed E-state index contributed by atoms with van der Waals surface area (Å²) in [7, 11) is -0.874. The lowest BCUT2D eigenvalue weighted by atomic mass is 9.78. The monoisotopic (exact) mass is 1170 g/mol. The number of H-pyrrole nitrogens is 2. The Hall–Kier alpha value is -6.53. The molecule has 2 aliphatic rings. The summed E-state index contributed by atoms with van der Waals surface area (Å²) in [4.78, 5) is 20.6. The molecule has 0 radical (unpaired) electrons. The number of allylic oxidation sites excluding steroid dienone is 4. The van der Waals surface area contributed by atoms with Crippen molar-refractivity contribution in [3.63, 3.8) is 0 Å². The molecule has 0 aliphatic carbocycles. The molecule has 0 saturated heterocycles. The molecule has 0 amide bonds. The van der Waals surface area contributed by atoms with E-state index >= 15 is 0 Å². The Morgan fingerprint density at radius 3 is 1.22 bits per heavy atom. The first kappa shape index (κ1) is 64.9. The largest absolute Gasteiger partial charge is 0.354 e. The summed E-state index contributed by atoms with van der Waals surface area (Å²) in [6.45, 7) is 33.1. The van der Waals surface area contributed by atoms with E-state index in [1.807, 2.05) is 0 Å². The van der Waals surface area contributed by atoms with Crippen molar-refractivity contribution in [2.45, 2.75) is 236 Å². The summed E-state index contributed by atoms with van der Waals surface area (Å²) in [5.41, 5.74) is 32.0. The Labute approximate surface area is 526 Å². The Morgan fingerprint density at radius 2 is 0.828 bits per heavy atom. The van der Waals surface area contributed by atoms with Crippen LogP contribution in [0.15, 0.2) is 115 Å². The average Bonchev–Trinajstić information content (AvgIpc) is 2.05. The number of nitrogens with zero attached hydrogens (tertiary/aromatic N) is 2. The van der Waals surface area contributed by atoms with Crippen molar-refractivity contribution < 1.29 is 0 Å². The summed E-state index contributed by atoms with van der Waals surface area (Å²) in [5, 5.41) is 2.53. The van der Waals surface area contributed by atoms with E-state index in [2.05, 4.69) is 234 Å². The molecular formula is C82H103N4P. The maximum absolute atomic E-state index is 5.99. The number of rotatable bonds is 24. The van der Waals surface area contributed by atoms with Gasteiger partial charge in [-0.15, -0.1) is 0 Å². The minimum Gasteiger partial charge on any atom is -0.354 e. The second-order valence-corrected chi connectivity index (χ2v) is 29.3. The van der Waals surface area contributed by atoms with Crippen molar-refractivity contribution in [2.75, 3.05) is 0 Å². The maximum atomic E-state index is 5.99. The van der Waals surface area contributed by atoms with Crippen molar-refractivity contribution in [3.8, 4) is 33.8 Å². The fourth-order valence-electron chi connectivity index (χ4n) is 13.2. The van der Waals surface area contributed by atoms with Gasteiger partial charge < -0.3 is 9.97 Å². The molecule has 3 aromatic heterocycles. The number of fused-ring (bicyclic) bond motifs is 8. The zero-order valence-electron chi connectivity index (χ0n) is 56.0. The molecular weight excluding hydrogens is 1070 g/mol. The summed E-state index contributed by atoms with van der Waals surface area (Å²) in [6.07, 6.45) is 23.1. The Morgan fingerprint density at radius 1 is 0.425 bits per heavy atom. The summed E-state index contributed by atoms with van der Waals surface area (Å²) in [6, 6.07) is 43.2. The van der Waals surface area contributed by atoms with Crippen LogP contribution in [0.4, 0.5) is 0 Å². The van der Waals surface area contributed by atoms with Crippen molar-refractivity contribution >= 4 is 62.9 Å². The third kappa shape index (κ3) is 15.3. The van der Waals surface area contributed by atoms with Gasteiger partial charge in [0.2, 0.25) is 0 Å². The van der Waals surface area contributed by atoms with Gasteiger partial charge in [0, 0.05) is 35.6 Å². The van der Waals surface area contributed by atoms with Gasteiger partial charge in [0.05, 0.1) is 33.8 Å². The molecule has 5 heteroatoms. The molecule has 7 aromatic rings. The second-order valence-electron chi connectivity index (χ2n) is 27.3. The number of aryl methyl sites for hydroxylation is 4. The highest BCUT2D eigenvalue weighted by Crippen LogP contribution is 2.46. The van der Waals surface area contributed by atoms with Gasteiger partial charge in [0.15, 0.2) is 0 Å². The Balaban J connectivity index is 1.42. The minimum atomic E-state index is -0.874. The number of nitrogens with one attached hydrogen (secondary N) is 2. The number of aromatic amines is 2. The van der Waals surface area contributed by atoms with E-state index in [1.165, 1.54) is 177 Å². The van der Waals surface area contributed by atoms with Crippen LogP contribution >= 0.6 is 7.92 Å². The fraction of sp³-hybridized carbons (Fsp3) is 0.439. The van der Waals surface area contributed by atoms with Crippen LogP contribution < -0.4 is 10.6 Å².